The topological polar surface area (TPSA) is 48.1 Å². The number of nitrogen functional groups attached to an aromatic ring is 1. The Labute approximate surface area is 112 Å². The molecule has 1 aromatic heterocycles. The first-order valence-corrected chi connectivity index (χ1v) is 6.20. The third-order valence-electron chi connectivity index (χ3n) is 3.08. The summed E-state index contributed by atoms with van der Waals surface area (Å²) < 4.78 is 19.2. The highest BCUT2D eigenvalue weighted by Gasteiger charge is 2.09. The number of halogens is 1. The third kappa shape index (κ3) is 2.90. The molecule has 1 heterocycles. The number of hydrogen-bond donors (Lipinski definition) is 1. The lowest BCUT2D eigenvalue weighted by Gasteiger charge is -2.10. The van der Waals surface area contributed by atoms with Crippen LogP contribution in [0.4, 0.5) is 10.1 Å². The number of nitrogens with zero attached hydrogens (tertiary/aromatic N) is 1. The van der Waals surface area contributed by atoms with E-state index in [1.165, 1.54) is 6.07 Å². The van der Waals surface area contributed by atoms with Gasteiger partial charge in [-0.15, -0.1) is 0 Å². The molecule has 0 saturated heterocycles. The van der Waals surface area contributed by atoms with Gasteiger partial charge in [0, 0.05) is 23.9 Å². The summed E-state index contributed by atoms with van der Waals surface area (Å²) in [5.41, 5.74) is 9.51. The second-order valence-electron chi connectivity index (χ2n) is 4.34. The molecule has 2 rings (SSSR count). The van der Waals surface area contributed by atoms with Gasteiger partial charge in [-0.2, -0.15) is 0 Å². The number of ether oxygens (including phenoxy) is 1. The third-order valence-corrected chi connectivity index (χ3v) is 3.08. The highest BCUT2D eigenvalue weighted by atomic mass is 19.1. The molecule has 2 aromatic rings. The van der Waals surface area contributed by atoms with Gasteiger partial charge in [0.2, 0.25) is 0 Å². The minimum absolute atomic E-state index is 0.271. The number of hydrogen-bond acceptors (Lipinski definition) is 3. The van der Waals surface area contributed by atoms with Crippen molar-refractivity contribution >= 4 is 5.69 Å². The van der Waals surface area contributed by atoms with Crippen molar-refractivity contribution in [3.05, 3.63) is 47.5 Å². The van der Waals surface area contributed by atoms with Gasteiger partial charge in [0.05, 0.1) is 18.5 Å². The summed E-state index contributed by atoms with van der Waals surface area (Å²) in [5.74, 6) is -0.271. The molecular weight excluding hydrogens is 243 g/mol. The van der Waals surface area contributed by atoms with Gasteiger partial charge in [0.25, 0.3) is 0 Å². The highest BCUT2D eigenvalue weighted by molar-refractivity contribution is 5.71. The van der Waals surface area contributed by atoms with Crippen molar-refractivity contribution in [1.29, 1.82) is 0 Å². The van der Waals surface area contributed by atoms with Crippen molar-refractivity contribution in [2.75, 3.05) is 12.3 Å². The largest absolute Gasteiger partial charge is 0.397 e. The lowest BCUT2D eigenvalue weighted by molar-refractivity contribution is 0.131. The Bertz CT molecular complexity index is 584. The van der Waals surface area contributed by atoms with Crippen LogP contribution in [0, 0.1) is 12.7 Å². The fraction of sp³-hybridized carbons (Fsp3) is 0.267. The minimum atomic E-state index is -0.271. The van der Waals surface area contributed by atoms with Crippen LogP contribution in [0.5, 0.6) is 0 Å². The van der Waals surface area contributed by atoms with Gasteiger partial charge in [-0.05, 0) is 31.0 Å². The van der Waals surface area contributed by atoms with Crippen LogP contribution in [0.1, 0.15) is 18.1 Å². The van der Waals surface area contributed by atoms with Crippen molar-refractivity contribution < 1.29 is 9.13 Å². The van der Waals surface area contributed by atoms with Gasteiger partial charge in [-0.1, -0.05) is 12.1 Å². The summed E-state index contributed by atoms with van der Waals surface area (Å²) >= 11 is 0. The van der Waals surface area contributed by atoms with Gasteiger partial charge in [-0.25, -0.2) is 4.39 Å². The van der Waals surface area contributed by atoms with Crippen LogP contribution in [0.15, 0.2) is 30.6 Å². The standard InChI is InChI=1S/C15H17FN2O/c1-3-19-9-12-5-4-11(6-14(12)16)13-7-18-8-15(17)10(13)2/h4-8H,3,9,17H2,1-2H3. The summed E-state index contributed by atoms with van der Waals surface area (Å²) in [5, 5.41) is 0. The van der Waals surface area contributed by atoms with Gasteiger partial charge in [-0.3, -0.25) is 4.98 Å². The molecule has 4 heteroatoms. The smallest absolute Gasteiger partial charge is 0.129 e. The first-order chi connectivity index (χ1) is 9.13. The molecule has 19 heavy (non-hydrogen) atoms. The highest BCUT2D eigenvalue weighted by Crippen LogP contribution is 2.27. The molecular formula is C15H17FN2O. The summed E-state index contributed by atoms with van der Waals surface area (Å²) in [4.78, 5) is 4.05. The Kier molecular flexibility index (Phi) is 4.12. The number of rotatable bonds is 4. The molecule has 0 aliphatic heterocycles. The van der Waals surface area contributed by atoms with E-state index in [9.17, 15) is 4.39 Å². The molecule has 0 bridgehead atoms. The zero-order chi connectivity index (χ0) is 13.8. The zero-order valence-corrected chi connectivity index (χ0v) is 11.1. The van der Waals surface area contributed by atoms with Crippen LogP contribution in [-0.2, 0) is 11.3 Å². The monoisotopic (exact) mass is 260 g/mol. The van der Waals surface area contributed by atoms with Crippen molar-refractivity contribution in [1.82, 2.24) is 4.98 Å². The van der Waals surface area contributed by atoms with E-state index in [1.807, 2.05) is 19.9 Å². The Hall–Kier alpha value is -1.94. The second kappa shape index (κ2) is 5.80. The molecule has 0 unspecified atom stereocenters. The predicted molar refractivity (Wildman–Crippen MR) is 74.1 cm³/mol. The summed E-state index contributed by atoms with van der Waals surface area (Å²) in [7, 11) is 0. The Morgan fingerprint density at radius 3 is 2.79 bits per heavy atom. The van der Waals surface area contributed by atoms with Gasteiger partial charge >= 0.3 is 0 Å². The van der Waals surface area contributed by atoms with E-state index in [0.717, 1.165) is 16.7 Å². The normalized spacial score (nSPS) is 10.7. The van der Waals surface area contributed by atoms with E-state index in [4.69, 9.17) is 10.5 Å². The van der Waals surface area contributed by atoms with Gasteiger partial charge in [0.1, 0.15) is 5.82 Å². The SMILES string of the molecule is CCOCc1ccc(-c2cncc(N)c2C)cc1F. The number of anilines is 1. The molecule has 2 N–H and O–H groups in total. The van der Waals surface area contributed by atoms with Crippen LogP contribution in [-0.4, -0.2) is 11.6 Å². The lowest BCUT2D eigenvalue weighted by Crippen LogP contribution is -1.97. The molecule has 100 valence electrons. The Morgan fingerprint density at radius 2 is 2.11 bits per heavy atom. The molecule has 0 atom stereocenters. The van der Waals surface area contributed by atoms with E-state index in [0.29, 0.717) is 17.9 Å². The van der Waals surface area contributed by atoms with E-state index < -0.39 is 0 Å². The van der Waals surface area contributed by atoms with E-state index in [2.05, 4.69) is 4.98 Å². The summed E-state index contributed by atoms with van der Waals surface area (Å²) in [6, 6.07) is 5.10. The number of benzene rings is 1. The molecule has 0 amide bonds. The fourth-order valence-corrected chi connectivity index (χ4v) is 1.88. The average Bonchev–Trinajstić information content (AvgIpc) is 2.40. The van der Waals surface area contributed by atoms with E-state index in [-0.39, 0.29) is 12.4 Å². The molecule has 0 saturated carbocycles. The Morgan fingerprint density at radius 1 is 1.32 bits per heavy atom. The zero-order valence-electron chi connectivity index (χ0n) is 11.1. The Balaban J connectivity index is 2.36. The quantitative estimate of drug-likeness (QED) is 0.917. The van der Waals surface area contributed by atoms with E-state index in [1.54, 1.807) is 18.5 Å². The fourth-order valence-electron chi connectivity index (χ4n) is 1.88. The lowest BCUT2D eigenvalue weighted by atomic mass is 10.0. The minimum Gasteiger partial charge on any atom is -0.397 e. The molecule has 0 fully saturated rings. The maximum absolute atomic E-state index is 14.0. The van der Waals surface area contributed by atoms with Crippen LogP contribution in [0.3, 0.4) is 0 Å². The van der Waals surface area contributed by atoms with Crippen LogP contribution in [0.2, 0.25) is 0 Å². The van der Waals surface area contributed by atoms with Crippen molar-refractivity contribution in [3.8, 4) is 11.1 Å². The first kappa shape index (κ1) is 13.5. The summed E-state index contributed by atoms with van der Waals surface area (Å²) in [6.07, 6.45) is 3.29. The van der Waals surface area contributed by atoms with Gasteiger partial charge in [0.15, 0.2) is 0 Å². The maximum Gasteiger partial charge on any atom is 0.129 e. The van der Waals surface area contributed by atoms with E-state index >= 15 is 0 Å². The molecule has 0 radical (unpaired) electrons. The first-order valence-electron chi connectivity index (χ1n) is 6.20. The van der Waals surface area contributed by atoms with Crippen LogP contribution < -0.4 is 5.73 Å². The summed E-state index contributed by atoms with van der Waals surface area (Å²) in [6.45, 7) is 4.64. The predicted octanol–water partition coefficient (Wildman–Crippen LogP) is 3.31. The molecule has 3 nitrogen and oxygen atoms in total. The number of nitrogens with two attached hydrogens (primary N) is 1. The molecule has 1 aromatic carbocycles. The van der Waals surface area contributed by atoms with Crippen molar-refractivity contribution in [2.45, 2.75) is 20.5 Å². The second-order valence-corrected chi connectivity index (χ2v) is 4.34. The average molecular weight is 260 g/mol. The van der Waals surface area contributed by atoms with Crippen LogP contribution in [0.25, 0.3) is 11.1 Å². The molecule has 0 spiro atoms. The molecule has 0 aliphatic carbocycles. The molecule has 0 aliphatic rings. The van der Waals surface area contributed by atoms with Crippen LogP contribution >= 0.6 is 0 Å². The maximum atomic E-state index is 14.0. The van der Waals surface area contributed by atoms with Crippen molar-refractivity contribution in [3.63, 3.8) is 0 Å². The van der Waals surface area contributed by atoms with Crippen molar-refractivity contribution in [2.24, 2.45) is 0 Å². The number of pyridine rings is 1. The van der Waals surface area contributed by atoms with Gasteiger partial charge < -0.3 is 10.5 Å². The number of aromatic nitrogens is 1.